The Bertz CT molecular complexity index is 1270. The Morgan fingerprint density at radius 1 is 0.886 bits per heavy atom. The Kier molecular flexibility index (Phi) is 9.54. The average molecular weight is 622 g/mol. The van der Waals surface area contributed by atoms with Gasteiger partial charge in [0.25, 0.3) is 5.91 Å². The molecule has 1 atom stereocenters. The molecule has 1 unspecified atom stereocenters. The molecule has 0 saturated carbocycles. The van der Waals surface area contributed by atoms with Crippen LogP contribution in [0.3, 0.4) is 0 Å². The first-order valence-electron chi connectivity index (χ1n) is 11.2. The molecule has 3 rings (SSSR count). The van der Waals surface area contributed by atoms with Crippen molar-refractivity contribution in [3.05, 3.63) is 93.1 Å². The van der Waals surface area contributed by atoms with Crippen molar-refractivity contribution in [1.29, 1.82) is 0 Å². The minimum atomic E-state index is -3.67. The summed E-state index contributed by atoms with van der Waals surface area (Å²) in [7, 11) is -3.67. The van der Waals surface area contributed by atoms with Crippen LogP contribution in [0.2, 0.25) is 0 Å². The Morgan fingerprint density at radius 3 is 2.03 bits per heavy atom. The fraction of sp³-hybridized carbons (Fsp3) is 0.259. The van der Waals surface area contributed by atoms with Gasteiger partial charge in [0.2, 0.25) is 0 Å². The summed E-state index contributed by atoms with van der Waals surface area (Å²) in [5.41, 5.74) is 1.80. The summed E-state index contributed by atoms with van der Waals surface area (Å²) in [5, 5.41) is 2.82. The number of hydrogen-bond acceptors (Lipinski definition) is 5. The number of benzene rings is 3. The van der Waals surface area contributed by atoms with Gasteiger partial charge >= 0.3 is 0 Å². The van der Waals surface area contributed by atoms with E-state index in [-0.39, 0.29) is 28.4 Å². The Morgan fingerprint density at radius 2 is 1.46 bits per heavy atom. The first-order valence-corrected chi connectivity index (χ1v) is 14.9. The first kappa shape index (κ1) is 27.4. The normalized spacial score (nSPS) is 12.4. The van der Waals surface area contributed by atoms with Crippen molar-refractivity contribution in [2.45, 2.75) is 36.6 Å². The van der Waals surface area contributed by atoms with Crippen molar-refractivity contribution < 1.29 is 18.0 Å². The van der Waals surface area contributed by atoms with Crippen LogP contribution >= 0.6 is 34.4 Å². The number of hydrogen-bond donors (Lipinski definition) is 1. The number of rotatable bonds is 10. The summed E-state index contributed by atoms with van der Waals surface area (Å²) in [4.78, 5) is 26.9. The van der Waals surface area contributed by atoms with Crippen LogP contribution in [-0.4, -0.2) is 37.7 Å². The maximum atomic E-state index is 13.5. The predicted octanol–water partition coefficient (Wildman–Crippen LogP) is 5.80. The van der Waals surface area contributed by atoms with E-state index >= 15 is 0 Å². The minimum Gasteiger partial charge on any atom is -0.350 e. The van der Waals surface area contributed by atoms with Crippen LogP contribution in [0, 0.1) is 16.4 Å². The lowest BCUT2D eigenvalue weighted by atomic mass is 9.99. The van der Waals surface area contributed by atoms with E-state index in [9.17, 15) is 18.0 Å². The van der Waals surface area contributed by atoms with Gasteiger partial charge in [0.05, 0.1) is 10.6 Å². The molecule has 1 amide bonds. The summed E-state index contributed by atoms with van der Waals surface area (Å²) >= 11 is 3.69. The summed E-state index contributed by atoms with van der Waals surface area (Å²) < 4.78 is 27.5. The fourth-order valence-corrected chi connectivity index (χ4v) is 6.44. The zero-order chi connectivity index (χ0) is 25.6. The smallest absolute Gasteiger partial charge is 0.251 e. The highest BCUT2D eigenvalue weighted by molar-refractivity contribution is 14.1. The van der Waals surface area contributed by atoms with Crippen LogP contribution in [0.1, 0.15) is 40.1 Å². The number of aryl methyl sites for hydroxylation is 1. The summed E-state index contributed by atoms with van der Waals surface area (Å²) in [6, 6.07) is 20.9. The van der Waals surface area contributed by atoms with Crippen molar-refractivity contribution in [2.75, 3.05) is 11.5 Å². The molecule has 0 radical (unpaired) electrons. The monoisotopic (exact) mass is 621 g/mol. The molecule has 3 aromatic carbocycles. The molecule has 0 heterocycles. The quantitative estimate of drug-likeness (QED) is 0.176. The number of halogens is 1. The van der Waals surface area contributed by atoms with Crippen LogP contribution in [0.15, 0.2) is 82.6 Å². The SMILES string of the molecule is Cc1ccc(S(=O)(=O)CC(CSc2ccc(I)cc2)C(=O)c2ccc(C(=O)NC(C)C)cc2)cc1. The van der Waals surface area contributed by atoms with E-state index in [1.807, 2.05) is 45.0 Å². The van der Waals surface area contributed by atoms with Crippen molar-refractivity contribution in [3.8, 4) is 0 Å². The summed E-state index contributed by atoms with van der Waals surface area (Å²) in [5.74, 6) is -1.19. The topological polar surface area (TPSA) is 80.3 Å². The molecule has 3 aromatic rings. The number of thioether (sulfide) groups is 1. The second-order valence-electron chi connectivity index (χ2n) is 8.63. The molecule has 8 heteroatoms. The van der Waals surface area contributed by atoms with Gasteiger partial charge < -0.3 is 5.32 Å². The van der Waals surface area contributed by atoms with E-state index in [1.54, 1.807) is 48.5 Å². The Balaban J connectivity index is 1.84. The zero-order valence-corrected chi connectivity index (χ0v) is 23.6. The number of Topliss-reactive ketones (excluding diaryl/α,β-unsaturated/α-hetero) is 1. The Hall–Kier alpha value is -2.17. The molecule has 0 aliphatic rings. The Labute approximate surface area is 225 Å². The second kappa shape index (κ2) is 12.2. The van der Waals surface area contributed by atoms with E-state index in [0.29, 0.717) is 16.9 Å². The molecular weight excluding hydrogens is 593 g/mol. The summed E-state index contributed by atoms with van der Waals surface area (Å²) in [6.07, 6.45) is 0. The lowest BCUT2D eigenvalue weighted by molar-refractivity contribution is 0.0931. The highest BCUT2D eigenvalue weighted by Gasteiger charge is 2.28. The van der Waals surface area contributed by atoms with Crippen LogP contribution in [0.4, 0.5) is 0 Å². The van der Waals surface area contributed by atoms with E-state index in [0.717, 1.165) is 14.0 Å². The van der Waals surface area contributed by atoms with Crippen LogP contribution in [0.25, 0.3) is 0 Å². The number of carbonyl (C=O) groups is 2. The third kappa shape index (κ3) is 7.91. The number of sulfone groups is 1. The maximum Gasteiger partial charge on any atom is 0.251 e. The van der Waals surface area contributed by atoms with Gasteiger partial charge in [-0.15, -0.1) is 11.8 Å². The van der Waals surface area contributed by atoms with Crippen molar-refractivity contribution in [2.24, 2.45) is 5.92 Å². The van der Waals surface area contributed by atoms with Gasteiger partial charge in [-0.1, -0.05) is 29.8 Å². The van der Waals surface area contributed by atoms with Gasteiger partial charge in [0, 0.05) is 37.3 Å². The molecule has 35 heavy (non-hydrogen) atoms. The second-order valence-corrected chi connectivity index (χ2v) is 13.0. The predicted molar refractivity (Wildman–Crippen MR) is 150 cm³/mol. The molecule has 5 nitrogen and oxygen atoms in total. The number of nitrogens with one attached hydrogen (secondary N) is 1. The van der Waals surface area contributed by atoms with Gasteiger partial charge in [-0.2, -0.15) is 0 Å². The van der Waals surface area contributed by atoms with Crippen LogP contribution < -0.4 is 5.32 Å². The number of carbonyl (C=O) groups excluding carboxylic acids is 2. The van der Waals surface area contributed by atoms with Gasteiger partial charge in [-0.25, -0.2) is 8.42 Å². The minimum absolute atomic E-state index is 0.00142. The highest BCUT2D eigenvalue weighted by atomic mass is 127. The lowest BCUT2D eigenvalue weighted by Crippen LogP contribution is -2.30. The molecule has 0 aromatic heterocycles. The molecule has 0 aliphatic carbocycles. The summed E-state index contributed by atoms with van der Waals surface area (Å²) in [6.45, 7) is 5.64. The van der Waals surface area contributed by atoms with Gasteiger partial charge in [0.15, 0.2) is 15.6 Å². The van der Waals surface area contributed by atoms with Crippen LogP contribution in [-0.2, 0) is 9.84 Å². The van der Waals surface area contributed by atoms with Crippen LogP contribution in [0.5, 0.6) is 0 Å². The molecular formula is C27H28INO4S2. The van der Waals surface area contributed by atoms with E-state index in [2.05, 4.69) is 27.9 Å². The molecule has 1 N–H and O–H groups in total. The highest BCUT2D eigenvalue weighted by Crippen LogP contribution is 2.26. The molecule has 184 valence electrons. The zero-order valence-electron chi connectivity index (χ0n) is 19.8. The van der Waals surface area contributed by atoms with E-state index < -0.39 is 15.8 Å². The van der Waals surface area contributed by atoms with E-state index in [4.69, 9.17) is 0 Å². The fourth-order valence-electron chi connectivity index (χ4n) is 3.40. The number of ketones is 1. The molecule has 0 spiro atoms. The first-order chi connectivity index (χ1) is 16.5. The van der Waals surface area contributed by atoms with Crippen molar-refractivity contribution in [3.63, 3.8) is 0 Å². The third-order valence-corrected chi connectivity index (χ3v) is 9.01. The average Bonchev–Trinajstić information content (AvgIpc) is 2.82. The lowest BCUT2D eigenvalue weighted by Gasteiger charge is -2.17. The van der Waals surface area contributed by atoms with Gasteiger partial charge in [-0.3, -0.25) is 9.59 Å². The molecule has 0 bridgehead atoms. The van der Waals surface area contributed by atoms with Crippen molar-refractivity contribution in [1.82, 2.24) is 5.32 Å². The van der Waals surface area contributed by atoms with Crippen molar-refractivity contribution >= 4 is 55.9 Å². The molecule has 0 saturated heterocycles. The van der Waals surface area contributed by atoms with Gasteiger partial charge in [-0.05, 0) is 91.9 Å². The molecule has 0 fully saturated rings. The standard InChI is InChI=1S/C27H28INO4S2/c1-18(2)29-27(31)21-8-6-20(7-9-21)26(30)22(16-34-24-12-10-23(28)11-13-24)17-35(32,33)25-14-4-19(3)5-15-25/h4-15,18,22H,16-17H2,1-3H3,(H,29,31). The largest absolute Gasteiger partial charge is 0.350 e. The van der Waals surface area contributed by atoms with E-state index in [1.165, 1.54) is 11.8 Å². The number of amides is 1. The third-order valence-electron chi connectivity index (χ3n) is 5.29. The molecule has 0 aliphatic heterocycles. The maximum absolute atomic E-state index is 13.5. The van der Waals surface area contributed by atoms with Gasteiger partial charge in [0.1, 0.15) is 0 Å².